The molecule has 16 heavy (non-hydrogen) atoms. The number of aliphatic hydroxyl groups excluding tert-OH is 1. The Bertz CT molecular complexity index is 199. The van der Waals surface area contributed by atoms with Crippen molar-refractivity contribution in [1.82, 2.24) is 0 Å². The van der Waals surface area contributed by atoms with E-state index in [-0.39, 0.29) is 11.9 Å². The first-order valence-electron chi connectivity index (χ1n) is 6.15. The van der Waals surface area contributed by atoms with Crippen LogP contribution in [0.4, 0.5) is 0 Å². The van der Waals surface area contributed by atoms with E-state index in [1.54, 1.807) is 0 Å². The highest BCUT2D eigenvalue weighted by Gasteiger charge is 2.24. The third kappa shape index (κ3) is 4.94. The summed E-state index contributed by atoms with van der Waals surface area (Å²) in [4.78, 5) is 11.3. The molecule has 0 radical (unpaired) electrons. The maximum Gasteiger partial charge on any atom is 0.305 e. The summed E-state index contributed by atoms with van der Waals surface area (Å²) in [7, 11) is 0. The first-order valence-corrected chi connectivity index (χ1v) is 6.15. The molecule has 1 N–H and O–H groups in total. The lowest BCUT2D eigenvalue weighted by Crippen LogP contribution is -2.22. The molecule has 1 rings (SSSR count). The van der Waals surface area contributed by atoms with Crippen LogP contribution < -0.4 is 0 Å². The van der Waals surface area contributed by atoms with Gasteiger partial charge in [-0.05, 0) is 19.3 Å². The molecule has 94 valence electrons. The summed E-state index contributed by atoms with van der Waals surface area (Å²) in [5.41, 5.74) is 0. The lowest BCUT2D eigenvalue weighted by molar-refractivity contribution is -0.144. The first kappa shape index (κ1) is 13.5. The molecule has 0 amide bonds. The van der Waals surface area contributed by atoms with Crippen LogP contribution >= 0.6 is 0 Å². The highest BCUT2D eigenvalue weighted by Crippen LogP contribution is 2.19. The molecular formula is C12H22O4. The van der Waals surface area contributed by atoms with Gasteiger partial charge >= 0.3 is 5.97 Å². The van der Waals surface area contributed by atoms with Crippen molar-refractivity contribution < 1.29 is 19.4 Å². The van der Waals surface area contributed by atoms with Gasteiger partial charge < -0.3 is 14.6 Å². The van der Waals surface area contributed by atoms with Crippen molar-refractivity contribution in [2.75, 3.05) is 19.8 Å². The van der Waals surface area contributed by atoms with Crippen LogP contribution in [0.2, 0.25) is 0 Å². The minimum Gasteiger partial charge on any atom is -0.466 e. The van der Waals surface area contributed by atoms with Crippen molar-refractivity contribution in [3.8, 4) is 0 Å². The molecule has 0 saturated carbocycles. The second-order valence-electron chi connectivity index (χ2n) is 4.30. The van der Waals surface area contributed by atoms with Gasteiger partial charge in [-0.2, -0.15) is 0 Å². The summed E-state index contributed by atoms with van der Waals surface area (Å²) >= 11 is 0. The zero-order valence-corrected chi connectivity index (χ0v) is 9.98. The predicted octanol–water partition coefficient (Wildman–Crippen LogP) is 1.51. The molecule has 1 fully saturated rings. The first-order chi connectivity index (χ1) is 7.74. The summed E-state index contributed by atoms with van der Waals surface area (Å²) < 4.78 is 10.2. The number of carbonyl (C=O) groups is 1. The maximum absolute atomic E-state index is 11.3. The zero-order chi connectivity index (χ0) is 11.8. The van der Waals surface area contributed by atoms with Crippen molar-refractivity contribution in [1.29, 1.82) is 0 Å². The van der Waals surface area contributed by atoms with Gasteiger partial charge in [0.1, 0.15) is 0 Å². The van der Waals surface area contributed by atoms with Crippen LogP contribution in [0.15, 0.2) is 0 Å². The van der Waals surface area contributed by atoms with Crippen molar-refractivity contribution in [2.45, 2.75) is 45.1 Å². The van der Waals surface area contributed by atoms with E-state index in [9.17, 15) is 9.90 Å². The lowest BCUT2D eigenvalue weighted by Gasteiger charge is -2.15. The van der Waals surface area contributed by atoms with Crippen LogP contribution in [0.25, 0.3) is 0 Å². The summed E-state index contributed by atoms with van der Waals surface area (Å²) in [6.45, 7) is 3.89. The number of rotatable bonds is 7. The molecule has 1 saturated heterocycles. The maximum atomic E-state index is 11.3. The third-order valence-electron chi connectivity index (χ3n) is 2.91. The molecule has 0 bridgehead atoms. The fourth-order valence-corrected chi connectivity index (χ4v) is 1.76. The quantitative estimate of drug-likeness (QED) is 0.532. The van der Waals surface area contributed by atoms with E-state index < -0.39 is 6.10 Å². The van der Waals surface area contributed by atoms with Gasteiger partial charge in [-0.25, -0.2) is 0 Å². The van der Waals surface area contributed by atoms with E-state index in [4.69, 9.17) is 9.47 Å². The van der Waals surface area contributed by atoms with Crippen molar-refractivity contribution in [2.24, 2.45) is 5.92 Å². The molecule has 1 heterocycles. The molecule has 1 aliphatic rings. The minimum absolute atomic E-state index is 0.198. The Labute approximate surface area is 96.9 Å². The fourth-order valence-electron chi connectivity index (χ4n) is 1.76. The van der Waals surface area contributed by atoms with E-state index in [0.29, 0.717) is 26.1 Å². The van der Waals surface area contributed by atoms with Crippen LogP contribution in [0.5, 0.6) is 0 Å². The topological polar surface area (TPSA) is 55.8 Å². The van der Waals surface area contributed by atoms with E-state index in [2.05, 4.69) is 6.92 Å². The SMILES string of the molecule is CCCCOC(=O)CCC(O)C1CCOC1. The Kier molecular flexibility index (Phi) is 6.42. The van der Waals surface area contributed by atoms with E-state index >= 15 is 0 Å². The van der Waals surface area contributed by atoms with Crippen molar-refractivity contribution in [3.05, 3.63) is 0 Å². The molecule has 4 nitrogen and oxygen atoms in total. The van der Waals surface area contributed by atoms with Gasteiger partial charge in [0, 0.05) is 18.9 Å². The lowest BCUT2D eigenvalue weighted by atomic mass is 9.98. The minimum atomic E-state index is -0.429. The predicted molar refractivity (Wildman–Crippen MR) is 60.0 cm³/mol. The molecule has 0 spiro atoms. The summed E-state index contributed by atoms with van der Waals surface area (Å²) in [5.74, 6) is -0.00476. The molecule has 0 aliphatic carbocycles. The molecule has 2 atom stereocenters. The van der Waals surface area contributed by atoms with Crippen LogP contribution in [-0.2, 0) is 14.3 Å². The molecule has 0 aromatic heterocycles. The molecule has 4 heteroatoms. The summed E-state index contributed by atoms with van der Waals surface area (Å²) in [6.07, 6.45) is 3.19. The Hall–Kier alpha value is -0.610. The zero-order valence-electron chi connectivity index (χ0n) is 9.98. The number of carbonyl (C=O) groups excluding carboxylic acids is 1. The molecular weight excluding hydrogens is 208 g/mol. The van der Waals surface area contributed by atoms with Gasteiger partial charge in [-0.15, -0.1) is 0 Å². The molecule has 1 aliphatic heterocycles. The average Bonchev–Trinajstić information content (AvgIpc) is 2.79. The number of aliphatic hydroxyl groups is 1. The number of unbranched alkanes of at least 4 members (excludes halogenated alkanes) is 1. The van der Waals surface area contributed by atoms with Gasteiger partial charge in [-0.1, -0.05) is 13.3 Å². The van der Waals surface area contributed by atoms with Gasteiger partial charge in [0.25, 0.3) is 0 Å². The Morgan fingerprint density at radius 2 is 2.44 bits per heavy atom. The normalized spacial score (nSPS) is 22.0. The number of ether oxygens (including phenoxy) is 2. The number of hydrogen-bond acceptors (Lipinski definition) is 4. The largest absolute Gasteiger partial charge is 0.466 e. The van der Waals surface area contributed by atoms with Crippen LogP contribution in [0, 0.1) is 5.92 Å². The second-order valence-corrected chi connectivity index (χ2v) is 4.30. The highest BCUT2D eigenvalue weighted by atomic mass is 16.5. The average molecular weight is 230 g/mol. The standard InChI is InChI=1S/C12H22O4/c1-2-3-7-16-12(14)5-4-11(13)10-6-8-15-9-10/h10-11,13H,2-9H2,1H3. The highest BCUT2D eigenvalue weighted by molar-refractivity contribution is 5.69. The van der Waals surface area contributed by atoms with E-state index in [1.165, 1.54) is 0 Å². The molecule has 2 unspecified atom stereocenters. The molecule has 0 aromatic carbocycles. The van der Waals surface area contributed by atoms with Gasteiger partial charge in [0.2, 0.25) is 0 Å². The van der Waals surface area contributed by atoms with Gasteiger partial charge in [0.05, 0.1) is 19.3 Å². The van der Waals surface area contributed by atoms with Crippen molar-refractivity contribution >= 4 is 5.97 Å². The number of esters is 1. The third-order valence-corrected chi connectivity index (χ3v) is 2.91. The smallest absolute Gasteiger partial charge is 0.305 e. The van der Waals surface area contributed by atoms with Crippen LogP contribution in [0.1, 0.15) is 39.0 Å². The van der Waals surface area contributed by atoms with Crippen molar-refractivity contribution in [3.63, 3.8) is 0 Å². The second kappa shape index (κ2) is 7.63. The summed E-state index contributed by atoms with van der Waals surface area (Å²) in [6, 6.07) is 0. The van der Waals surface area contributed by atoms with E-state index in [1.807, 2.05) is 0 Å². The fraction of sp³-hybridized carbons (Fsp3) is 0.917. The van der Waals surface area contributed by atoms with Gasteiger partial charge in [0.15, 0.2) is 0 Å². The monoisotopic (exact) mass is 230 g/mol. The summed E-state index contributed by atoms with van der Waals surface area (Å²) in [5, 5.41) is 9.78. The molecule has 0 aromatic rings. The van der Waals surface area contributed by atoms with Crippen LogP contribution in [0.3, 0.4) is 0 Å². The Balaban J connectivity index is 2.06. The van der Waals surface area contributed by atoms with E-state index in [0.717, 1.165) is 25.9 Å². The Morgan fingerprint density at radius 1 is 1.62 bits per heavy atom. The Morgan fingerprint density at radius 3 is 3.06 bits per heavy atom. The van der Waals surface area contributed by atoms with Crippen LogP contribution in [-0.4, -0.2) is 37.0 Å². The number of hydrogen-bond donors (Lipinski definition) is 1. The van der Waals surface area contributed by atoms with Gasteiger partial charge in [-0.3, -0.25) is 4.79 Å².